The standard InChI is InChI=1S/C24H27NO5/c1-2-28-23(27)19-8-5-7-18(16-19)22(26)21-9-4-3-6-20(21)17-25-12-10-24(11-13-25)29-14-15-30-24/h3-9,16H,2,10-15,17H2,1H3. The summed E-state index contributed by atoms with van der Waals surface area (Å²) in [7, 11) is 0. The summed E-state index contributed by atoms with van der Waals surface area (Å²) in [6.07, 6.45) is 1.68. The van der Waals surface area contributed by atoms with Crippen LogP contribution in [0.1, 0.15) is 51.6 Å². The van der Waals surface area contributed by atoms with E-state index in [2.05, 4.69) is 4.90 Å². The molecule has 2 fully saturated rings. The van der Waals surface area contributed by atoms with Gasteiger partial charge in [0.05, 0.1) is 25.4 Å². The lowest BCUT2D eigenvalue weighted by Crippen LogP contribution is -2.44. The molecule has 6 nitrogen and oxygen atoms in total. The Bertz CT molecular complexity index is 909. The van der Waals surface area contributed by atoms with Gasteiger partial charge in [0.15, 0.2) is 11.6 Å². The summed E-state index contributed by atoms with van der Waals surface area (Å²) in [5.41, 5.74) is 2.51. The molecule has 0 aromatic heterocycles. The van der Waals surface area contributed by atoms with Crippen LogP contribution in [0.3, 0.4) is 0 Å². The van der Waals surface area contributed by atoms with Gasteiger partial charge in [-0.25, -0.2) is 4.79 Å². The summed E-state index contributed by atoms with van der Waals surface area (Å²) in [6.45, 7) is 5.81. The summed E-state index contributed by atoms with van der Waals surface area (Å²) in [5, 5.41) is 0. The van der Waals surface area contributed by atoms with E-state index >= 15 is 0 Å². The lowest BCUT2D eigenvalue weighted by atomic mass is 9.96. The number of piperidine rings is 1. The van der Waals surface area contributed by atoms with Crippen molar-refractivity contribution in [3.63, 3.8) is 0 Å². The number of likely N-dealkylation sites (tertiary alicyclic amines) is 1. The molecular formula is C24H27NO5. The Balaban J connectivity index is 1.49. The average molecular weight is 409 g/mol. The summed E-state index contributed by atoms with van der Waals surface area (Å²) < 4.78 is 16.7. The third kappa shape index (κ3) is 4.46. The molecule has 2 aliphatic heterocycles. The molecule has 0 amide bonds. The summed E-state index contributed by atoms with van der Waals surface area (Å²) in [6, 6.07) is 14.4. The van der Waals surface area contributed by atoms with E-state index in [4.69, 9.17) is 14.2 Å². The second kappa shape index (κ2) is 9.08. The summed E-state index contributed by atoms with van der Waals surface area (Å²) in [5.74, 6) is -0.911. The highest BCUT2D eigenvalue weighted by Gasteiger charge is 2.39. The molecule has 0 atom stereocenters. The van der Waals surface area contributed by atoms with Crippen molar-refractivity contribution in [1.82, 2.24) is 4.90 Å². The Kier molecular flexibility index (Phi) is 6.27. The third-order valence-electron chi connectivity index (χ3n) is 5.72. The van der Waals surface area contributed by atoms with Crippen LogP contribution in [0.5, 0.6) is 0 Å². The molecule has 2 aliphatic rings. The van der Waals surface area contributed by atoms with E-state index in [0.29, 0.717) is 43.1 Å². The van der Waals surface area contributed by atoms with Gasteiger partial charge in [0.25, 0.3) is 0 Å². The lowest BCUT2D eigenvalue weighted by Gasteiger charge is -2.37. The van der Waals surface area contributed by atoms with E-state index in [0.717, 1.165) is 31.5 Å². The number of benzene rings is 2. The van der Waals surface area contributed by atoms with E-state index in [9.17, 15) is 9.59 Å². The first-order valence-electron chi connectivity index (χ1n) is 10.5. The maximum atomic E-state index is 13.2. The highest BCUT2D eigenvalue weighted by molar-refractivity contribution is 6.10. The highest BCUT2D eigenvalue weighted by atomic mass is 16.7. The van der Waals surface area contributed by atoms with Crippen molar-refractivity contribution in [3.8, 4) is 0 Å². The molecule has 0 aliphatic carbocycles. The quantitative estimate of drug-likeness (QED) is 0.538. The minimum Gasteiger partial charge on any atom is -0.462 e. The molecular weight excluding hydrogens is 382 g/mol. The van der Waals surface area contributed by atoms with Gasteiger partial charge in [0.2, 0.25) is 0 Å². The maximum absolute atomic E-state index is 13.2. The molecule has 2 heterocycles. The summed E-state index contributed by atoms with van der Waals surface area (Å²) in [4.78, 5) is 27.6. The van der Waals surface area contributed by atoms with Gasteiger partial charge in [-0.1, -0.05) is 36.4 Å². The molecule has 0 radical (unpaired) electrons. The molecule has 30 heavy (non-hydrogen) atoms. The molecule has 0 unspecified atom stereocenters. The second-order valence-electron chi connectivity index (χ2n) is 7.67. The van der Waals surface area contributed by atoms with Crippen LogP contribution in [0, 0.1) is 0 Å². The zero-order valence-electron chi connectivity index (χ0n) is 17.3. The van der Waals surface area contributed by atoms with Crippen LogP contribution < -0.4 is 0 Å². The fourth-order valence-electron chi connectivity index (χ4n) is 4.12. The van der Waals surface area contributed by atoms with Crippen molar-refractivity contribution >= 4 is 11.8 Å². The monoisotopic (exact) mass is 409 g/mol. The van der Waals surface area contributed by atoms with Crippen molar-refractivity contribution in [3.05, 3.63) is 70.8 Å². The van der Waals surface area contributed by atoms with Crippen LogP contribution >= 0.6 is 0 Å². The van der Waals surface area contributed by atoms with Crippen molar-refractivity contribution < 1.29 is 23.8 Å². The Labute approximate surface area is 176 Å². The Hall–Kier alpha value is -2.54. The molecule has 6 heteroatoms. The van der Waals surface area contributed by atoms with E-state index in [-0.39, 0.29) is 5.78 Å². The van der Waals surface area contributed by atoms with Gasteiger partial charge >= 0.3 is 5.97 Å². The minimum absolute atomic E-state index is 0.0901. The zero-order valence-corrected chi connectivity index (χ0v) is 17.3. The molecule has 0 saturated carbocycles. The van der Waals surface area contributed by atoms with Crippen LogP contribution in [-0.2, 0) is 20.8 Å². The number of carbonyl (C=O) groups is 2. The molecule has 158 valence electrons. The number of nitrogens with zero attached hydrogens (tertiary/aromatic N) is 1. The van der Waals surface area contributed by atoms with Crippen LogP contribution in [0.15, 0.2) is 48.5 Å². The Morgan fingerprint density at radius 2 is 1.70 bits per heavy atom. The zero-order chi connectivity index (χ0) is 21.0. The number of hydrogen-bond acceptors (Lipinski definition) is 6. The first kappa shape index (κ1) is 20.7. The Morgan fingerprint density at radius 3 is 2.43 bits per heavy atom. The number of ketones is 1. The lowest BCUT2D eigenvalue weighted by molar-refractivity contribution is -0.185. The van der Waals surface area contributed by atoms with E-state index in [1.807, 2.05) is 24.3 Å². The van der Waals surface area contributed by atoms with Gasteiger partial charge in [-0.05, 0) is 24.6 Å². The number of rotatable bonds is 6. The van der Waals surface area contributed by atoms with Crippen LogP contribution in [0.4, 0.5) is 0 Å². The fourth-order valence-corrected chi connectivity index (χ4v) is 4.12. The molecule has 0 N–H and O–H groups in total. The minimum atomic E-state index is -0.418. The molecule has 4 rings (SSSR count). The van der Waals surface area contributed by atoms with Gasteiger partial charge in [-0.3, -0.25) is 9.69 Å². The van der Waals surface area contributed by atoms with Crippen molar-refractivity contribution in [1.29, 1.82) is 0 Å². The predicted molar refractivity (Wildman–Crippen MR) is 111 cm³/mol. The van der Waals surface area contributed by atoms with Crippen molar-refractivity contribution in [2.75, 3.05) is 32.9 Å². The third-order valence-corrected chi connectivity index (χ3v) is 5.72. The van der Waals surface area contributed by atoms with Crippen molar-refractivity contribution in [2.45, 2.75) is 32.1 Å². The Morgan fingerprint density at radius 1 is 1.00 bits per heavy atom. The van der Waals surface area contributed by atoms with E-state index in [1.54, 1.807) is 31.2 Å². The number of hydrogen-bond donors (Lipinski definition) is 0. The fraction of sp³-hybridized carbons (Fsp3) is 0.417. The predicted octanol–water partition coefficient (Wildman–Crippen LogP) is 3.43. The first-order valence-corrected chi connectivity index (χ1v) is 10.5. The molecule has 2 aromatic rings. The molecule has 2 aromatic carbocycles. The van der Waals surface area contributed by atoms with E-state index in [1.165, 1.54) is 0 Å². The van der Waals surface area contributed by atoms with Crippen LogP contribution in [-0.4, -0.2) is 55.3 Å². The smallest absolute Gasteiger partial charge is 0.338 e. The van der Waals surface area contributed by atoms with Crippen molar-refractivity contribution in [2.24, 2.45) is 0 Å². The van der Waals surface area contributed by atoms with Gasteiger partial charge in [-0.2, -0.15) is 0 Å². The molecule has 1 spiro atoms. The van der Waals surface area contributed by atoms with Crippen LogP contribution in [0.25, 0.3) is 0 Å². The summed E-state index contributed by atoms with van der Waals surface area (Å²) >= 11 is 0. The molecule has 0 bridgehead atoms. The maximum Gasteiger partial charge on any atom is 0.338 e. The van der Waals surface area contributed by atoms with Crippen LogP contribution in [0.2, 0.25) is 0 Å². The van der Waals surface area contributed by atoms with Gasteiger partial charge in [0.1, 0.15) is 0 Å². The number of ether oxygens (including phenoxy) is 3. The van der Waals surface area contributed by atoms with Gasteiger partial charge in [0, 0.05) is 43.6 Å². The highest BCUT2D eigenvalue weighted by Crippen LogP contribution is 2.32. The van der Waals surface area contributed by atoms with Gasteiger partial charge in [-0.15, -0.1) is 0 Å². The molecule has 2 saturated heterocycles. The SMILES string of the molecule is CCOC(=O)c1cccc(C(=O)c2ccccc2CN2CCC3(CC2)OCCO3)c1. The van der Waals surface area contributed by atoms with Gasteiger partial charge < -0.3 is 14.2 Å². The largest absolute Gasteiger partial charge is 0.462 e. The second-order valence-corrected chi connectivity index (χ2v) is 7.67. The normalized spacial score (nSPS) is 18.4. The number of carbonyl (C=O) groups excluding carboxylic acids is 2. The number of esters is 1. The van der Waals surface area contributed by atoms with E-state index < -0.39 is 11.8 Å². The topological polar surface area (TPSA) is 65.1 Å². The average Bonchev–Trinajstić information content (AvgIpc) is 3.24. The first-order chi connectivity index (χ1) is 14.6.